The van der Waals surface area contributed by atoms with Gasteiger partial charge in [-0.25, -0.2) is 0 Å². The molecule has 1 N–H and O–H groups in total. The van der Waals surface area contributed by atoms with Crippen LogP contribution in [0.25, 0.3) is 0 Å². The number of hydrogen-bond donors (Lipinski definition) is 1. The minimum absolute atomic E-state index is 0.651. The van der Waals surface area contributed by atoms with Gasteiger partial charge in [-0.2, -0.15) is 5.48 Å². The van der Waals surface area contributed by atoms with Crippen LogP contribution in [0.1, 0.15) is 11.3 Å². The van der Waals surface area contributed by atoms with Crippen molar-refractivity contribution in [2.24, 2.45) is 0 Å². The largest absolute Gasteiger partial charge is 0.305 e. The van der Waals surface area contributed by atoms with E-state index in [0.717, 1.165) is 5.69 Å². The molecule has 1 aromatic rings. The van der Waals surface area contributed by atoms with Crippen LogP contribution >= 0.6 is 0 Å². The molecule has 0 bridgehead atoms. The highest BCUT2D eigenvalue weighted by Gasteiger charge is 1.91. The fourth-order valence-corrected chi connectivity index (χ4v) is 0.842. The van der Waals surface area contributed by atoms with Crippen LogP contribution in [-0.2, 0) is 11.4 Å². The molecule has 0 aliphatic heterocycles. The lowest BCUT2D eigenvalue weighted by atomic mass is 10.2. The van der Waals surface area contributed by atoms with Crippen molar-refractivity contribution in [2.75, 3.05) is 7.11 Å². The highest BCUT2D eigenvalue weighted by Crippen LogP contribution is 1.98. The molecular formula is C8H12N2O. The van der Waals surface area contributed by atoms with Gasteiger partial charge >= 0.3 is 0 Å². The Balaban J connectivity index is 2.56. The van der Waals surface area contributed by atoms with E-state index in [-0.39, 0.29) is 0 Å². The van der Waals surface area contributed by atoms with Gasteiger partial charge in [0.2, 0.25) is 0 Å². The van der Waals surface area contributed by atoms with Crippen molar-refractivity contribution >= 4 is 0 Å². The van der Waals surface area contributed by atoms with E-state index in [1.807, 2.05) is 19.1 Å². The van der Waals surface area contributed by atoms with Crippen molar-refractivity contribution in [3.63, 3.8) is 0 Å². The molecular weight excluding hydrogens is 140 g/mol. The maximum Gasteiger partial charge on any atom is 0.0633 e. The number of hydrogen-bond acceptors (Lipinski definition) is 3. The molecule has 0 amide bonds. The number of aromatic nitrogens is 1. The fourth-order valence-electron chi connectivity index (χ4n) is 0.842. The van der Waals surface area contributed by atoms with Crippen LogP contribution in [0.15, 0.2) is 18.3 Å². The first-order chi connectivity index (χ1) is 5.33. The molecule has 11 heavy (non-hydrogen) atoms. The summed E-state index contributed by atoms with van der Waals surface area (Å²) in [6, 6.07) is 3.99. The van der Waals surface area contributed by atoms with Crippen LogP contribution in [0.3, 0.4) is 0 Å². The summed E-state index contributed by atoms with van der Waals surface area (Å²) in [4.78, 5) is 8.83. The Bertz CT molecular complexity index is 225. The first-order valence-corrected chi connectivity index (χ1v) is 3.50. The molecule has 0 atom stereocenters. The molecule has 0 aromatic carbocycles. The summed E-state index contributed by atoms with van der Waals surface area (Å²) in [7, 11) is 1.59. The van der Waals surface area contributed by atoms with Gasteiger partial charge in [-0.15, -0.1) is 0 Å². The molecule has 3 heteroatoms. The Morgan fingerprint density at radius 2 is 2.45 bits per heavy atom. The zero-order chi connectivity index (χ0) is 8.10. The number of hydroxylamine groups is 1. The predicted molar refractivity (Wildman–Crippen MR) is 42.8 cm³/mol. The Kier molecular flexibility index (Phi) is 3.01. The maximum absolute atomic E-state index is 4.70. The third-order valence-corrected chi connectivity index (χ3v) is 1.37. The van der Waals surface area contributed by atoms with Gasteiger partial charge in [-0.3, -0.25) is 4.98 Å². The Morgan fingerprint density at radius 3 is 3.09 bits per heavy atom. The second-order valence-corrected chi connectivity index (χ2v) is 2.35. The lowest BCUT2D eigenvalue weighted by Crippen LogP contribution is -2.11. The van der Waals surface area contributed by atoms with Gasteiger partial charge in [0, 0.05) is 6.20 Å². The average molecular weight is 152 g/mol. The van der Waals surface area contributed by atoms with E-state index < -0.39 is 0 Å². The van der Waals surface area contributed by atoms with Crippen molar-refractivity contribution in [1.29, 1.82) is 0 Å². The Hall–Kier alpha value is -0.930. The smallest absolute Gasteiger partial charge is 0.0633 e. The summed E-state index contributed by atoms with van der Waals surface area (Å²) in [5, 5.41) is 0. The van der Waals surface area contributed by atoms with Gasteiger partial charge in [0.15, 0.2) is 0 Å². The molecule has 0 fully saturated rings. The maximum atomic E-state index is 4.70. The van der Waals surface area contributed by atoms with Gasteiger partial charge in [-0.1, -0.05) is 0 Å². The minimum atomic E-state index is 0.651. The molecule has 0 aliphatic rings. The number of nitrogens with one attached hydrogen (secondary N) is 1. The molecule has 1 heterocycles. The van der Waals surface area contributed by atoms with E-state index in [9.17, 15) is 0 Å². The van der Waals surface area contributed by atoms with Gasteiger partial charge in [0.05, 0.1) is 19.3 Å². The Morgan fingerprint density at radius 1 is 1.64 bits per heavy atom. The summed E-state index contributed by atoms with van der Waals surface area (Å²) in [6.07, 6.45) is 1.79. The molecule has 1 rings (SSSR count). The zero-order valence-electron chi connectivity index (χ0n) is 6.79. The summed E-state index contributed by atoms with van der Waals surface area (Å²) >= 11 is 0. The molecule has 0 saturated heterocycles. The molecule has 0 aliphatic carbocycles. The third kappa shape index (κ3) is 2.65. The van der Waals surface area contributed by atoms with Crippen molar-refractivity contribution in [1.82, 2.24) is 10.5 Å². The topological polar surface area (TPSA) is 34.1 Å². The molecule has 0 radical (unpaired) electrons. The quantitative estimate of drug-likeness (QED) is 0.657. The van der Waals surface area contributed by atoms with Crippen LogP contribution in [0, 0.1) is 6.92 Å². The van der Waals surface area contributed by atoms with Gasteiger partial charge in [0.25, 0.3) is 0 Å². The molecule has 60 valence electrons. The van der Waals surface area contributed by atoms with Crippen molar-refractivity contribution in [3.05, 3.63) is 29.6 Å². The second-order valence-electron chi connectivity index (χ2n) is 2.35. The monoisotopic (exact) mass is 152 g/mol. The second kappa shape index (κ2) is 4.05. The van der Waals surface area contributed by atoms with E-state index in [0.29, 0.717) is 6.54 Å². The molecule has 0 spiro atoms. The normalized spacial score (nSPS) is 10.0. The first-order valence-electron chi connectivity index (χ1n) is 3.50. The van der Waals surface area contributed by atoms with Crippen LogP contribution < -0.4 is 5.48 Å². The average Bonchev–Trinajstić information content (AvgIpc) is 2.01. The molecule has 0 saturated carbocycles. The summed E-state index contributed by atoms with van der Waals surface area (Å²) < 4.78 is 0. The van der Waals surface area contributed by atoms with E-state index >= 15 is 0 Å². The molecule has 1 aromatic heterocycles. The molecule has 0 unspecified atom stereocenters. The lowest BCUT2D eigenvalue weighted by molar-refractivity contribution is 0.0858. The third-order valence-electron chi connectivity index (χ3n) is 1.37. The van der Waals surface area contributed by atoms with Crippen LogP contribution in [-0.4, -0.2) is 12.1 Å². The fraction of sp³-hybridized carbons (Fsp3) is 0.375. The standard InChI is InChI=1S/C8H12N2O/c1-7-3-4-9-8(5-7)6-10-11-2/h3-5,10H,6H2,1-2H3. The minimum Gasteiger partial charge on any atom is -0.305 e. The van der Waals surface area contributed by atoms with E-state index in [1.54, 1.807) is 13.3 Å². The van der Waals surface area contributed by atoms with Gasteiger partial charge in [-0.05, 0) is 24.6 Å². The zero-order valence-corrected chi connectivity index (χ0v) is 6.79. The SMILES string of the molecule is CONCc1cc(C)ccn1. The number of pyridine rings is 1. The summed E-state index contributed by atoms with van der Waals surface area (Å²) in [6.45, 7) is 2.69. The van der Waals surface area contributed by atoms with Crippen LogP contribution in [0.2, 0.25) is 0 Å². The number of rotatable bonds is 3. The highest BCUT2D eigenvalue weighted by molar-refractivity contribution is 5.13. The van der Waals surface area contributed by atoms with Crippen LogP contribution in [0.4, 0.5) is 0 Å². The summed E-state index contributed by atoms with van der Waals surface area (Å²) in [5.41, 5.74) is 4.94. The number of aryl methyl sites for hydroxylation is 1. The van der Waals surface area contributed by atoms with Crippen molar-refractivity contribution < 1.29 is 4.84 Å². The molecule has 3 nitrogen and oxygen atoms in total. The number of nitrogens with zero attached hydrogens (tertiary/aromatic N) is 1. The van der Waals surface area contributed by atoms with Gasteiger partial charge < -0.3 is 4.84 Å². The highest BCUT2D eigenvalue weighted by atomic mass is 16.6. The van der Waals surface area contributed by atoms with E-state index in [1.165, 1.54) is 5.56 Å². The van der Waals surface area contributed by atoms with Crippen LogP contribution in [0.5, 0.6) is 0 Å². The van der Waals surface area contributed by atoms with E-state index in [4.69, 9.17) is 4.84 Å². The Labute approximate surface area is 66.4 Å². The summed E-state index contributed by atoms with van der Waals surface area (Å²) in [5.74, 6) is 0. The van der Waals surface area contributed by atoms with Crippen molar-refractivity contribution in [3.8, 4) is 0 Å². The van der Waals surface area contributed by atoms with Crippen molar-refractivity contribution in [2.45, 2.75) is 13.5 Å². The lowest BCUT2D eigenvalue weighted by Gasteiger charge is -2.00. The predicted octanol–water partition coefficient (Wildman–Crippen LogP) is 1.04. The first kappa shape index (κ1) is 8.17. The van der Waals surface area contributed by atoms with E-state index in [2.05, 4.69) is 10.5 Å². The van der Waals surface area contributed by atoms with Gasteiger partial charge in [0.1, 0.15) is 0 Å².